The Labute approximate surface area is 203 Å². The van der Waals surface area contributed by atoms with Gasteiger partial charge in [-0.1, -0.05) is 59.8 Å². The molecule has 1 aromatic carbocycles. The van der Waals surface area contributed by atoms with E-state index in [1.807, 2.05) is 12.1 Å². The lowest BCUT2D eigenvalue weighted by Crippen LogP contribution is -2.51. The van der Waals surface area contributed by atoms with Crippen molar-refractivity contribution in [1.82, 2.24) is 0 Å². The van der Waals surface area contributed by atoms with Gasteiger partial charge < -0.3 is 19.3 Å². The molecule has 2 aliphatic heterocycles. The second kappa shape index (κ2) is 8.49. The number of benzene rings is 1. The lowest BCUT2D eigenvalue weighted by atomic mass is 9.88. The number of nitrogens with two attached hydrogens (primary N) is 1. The first-order valence-corrected chi connectivity index (χ1v) is 18.0. The normalized spacial score (nSPS) is 25.9. The SMILES string of the molecule is CC(C)(C)[Si](C)(C)OC[C@]12C=C[C@](CO[Si](C)(C)C(C)(C)C)(CC(c3ccc(N)cc3)=C1)O2. The van der Waals surface area contributed by atoms with Crippen LogP contribution in [0.2, 0.25) is 36.3 Å². The molecule has 0 saturated carbocycles. The number of anilines is 1. The predicted molar refractivity (Wildman–Crippen MR) is 145 cm³/mol. The van der Waals surface area contributed by atoms with E-state index in [9.17, 15) is 0 Å². The maximum atomic E-state index is 6.85. The van der Waals surface area contributed by atoms with Crippen molar-refractivity contribution in [2.75, 3.05) is 18.9 Å². The highest BCUT2D eigenvalue weighted by Crippen LogP contribution is 2.48. The van der Waals surface area contributed by atoms with Gasteiger partial charge in [0.15, 0.2) is 16.6 Å². The number of fused-ring (bicyclic) bond motifs is 2. The highest BCUT2D eigenvalue weighted by molar-refractivity contribution is 6.74. The summed E-state index contributed by atoms with van der Waals surface area (Å²) < 4.78 is 20.2. The molecule has 2 N–H and O–H groups in total. The van der Waals surface area contributed by atoms with E-state index in [1.165, 1.54) is 11.1 Å². The van der Waals surface area contributed by atoms with Crippen LogP contribution in [0.15, 0.2) is 42.5 Å². The van der Waals surface area contributed by atoms with Crippen LogP contribution >= 0.6 is 0 Å². The van der Waals surface area contributed by atoms with E-state index in [1.54, 1.807) is 0 Å². The fraction of sp³-hybridized carbons (Fsp3) is 0.630. The second-order valence-electron chi connectivity index (χ2n) is 13.0. The number of nitrogen functional groups attached to an aromatic ring is 1. The number of hydrogen-bond acceptors (Lipinski definition) is 4. The van der Waals surface area contributed by atoms with E-state index in [0.717, 1.165) is 12.1 Å². The zero-order chi connectivity index (χ0) is 24.9. The van der Waals surface area contributed by atoms with Gasteiger partial charge in [0.25, 0.3) is 0 Å². The van der Waals surface area contributed by atoms with Crippen molar-refractivity contribution in [1.29, 1.82) is 0 Å². The van der Waals surface area contributed by atoms with Crippen molar-refractivity contribution in [2.45, 2.75) is 95.4 Å². The van der Waals surface area contributed by atoms with Gasteiger partial charge >= 0.3 is 0 Å². The molecule has 0 radical (unpaired) electrons. The van der Waals surface area contributed by atoms with Crippen LogP contribution in [-0.4, -0.2) is 41.1 Å². The largest absolute Gasteiger partial charge is 0.414 e. The average molecular weight is 488 g/mol. The quantitative estimate of drug-likeness (QED) is 0.252. The van der Waals surface area contributed by atoms with E-state index < -0.39 is 27.8 Å². The van der Waals surface area contributed by atoms with Gasteiger partial charge in [0.2, 0.25) is 0 Å². The molecule has 3 rings (SSSR count). The molecule has 0 aromatic heterocycles. The van der Waals surface area contributed by atoms with Gasteiger partial charge in [-0.05, 0) is 71.7 Å². The maximum Gasteiger partial charge on any atom is 0.192 e. The first kappa shape index (κ1) is 26.4. The summed E-state index contributed by atoms with van der Waals surface area (Å²) in [5, 5.41) is 0.297. The number of hydrogen-bond donors (Lipinski definition) is 1. The minimum absolute atomic E-state index is 0.145. The Morgan fingerprint density at radius 3 is 1.88 bits per heavy atom. The van der Waals surface area contributed by atoms with Crippen molar-refractivity contribution in [3.63, 3.8) is 0 Å². The van der Waals surface area contributed by atoms with Crippen LogP contribution in [0, 0.1) is 0 Å². The zero-order valence-electron chi connectivity index (χ0n) is 22.5. The smallest absolute Gasteiger partial charge is 0.192 e. The van der Waals surface area contributed by atoms with Crippen LogP contribution in [-0.2, 0) is 13.6 Å². The van der Waals surface area contributed by atoms with E-state index in [4.69, 9.17) is 19.3 Å². The van der Waals surface area contributed by atoms with E-state index >= 15 is 0 Å². The Morgan fingerprint density at radius 1 is 0.848 bits per heavy atom. The molecule has 6 heteroatoms. The molecule has 2 heterocycles. The number of rotatable bonds is 7. The van der Waals surface area contributed by atoms with Gasteiger partial charge in [0, 0.05) is 12.1 Å². The third-order valence-corrected chi connectivity index (χ3v) is 17.2. The first-order chi connectivity index (χ1) is 14.9. The van der Waals surface area contributed by atoms with E-state index in [-0.39, 0.29) is 10.1 Å². The molecule has 2 bridgehead atoms. The summed E-state index contributed by atoms with van der Waals surface area (Å²) in [5.41, 5.74) is 8.15. The minimum Gasteiger partial charge on any atom is -0.414 e. The molecule has 33 heavy (non-hydrogen) atoms. The van der Waals surface area contributed by atoms with Crippen molar-refractivity contribution in [3.8, 4) is 0 Å². The van der Waals surface area contributed by atoms with Gasteiger partial charge in [-0.15, -0.1) is 0 Å². The van der Waals surface area contributed by atoms with Crippen molar-refractivity contribution in [3.05, 3.63) is 48.1 Å². The molecule has 2 atom stereocenters. The van der Waals surface area contributed by atoms with Crippen molar-refractivity contribution < 1.29 is 13.6 Å². The molecular formula is C27H45NO3Si2. The van der Waals surface area contributed by atoms with E-state index in [2.05, 4.69) is 98.1 Å². The Kier molecular flexibility index (Phi) is 6.79. The molecule has 0 spiro atoms. The molecule has 0 unspecified atom stereocenters. The van der Waals surface area contributed by atoms with Gasteiger partial charge in [-0.3, -0.25) is 0 Å². The summed E-state index contributed by atoms with van der Waals surface area (Å²) in [5.74, 6) is 0. The summed E-state index contributed by atoms with van der Waals surface area (Å²) in [6.45, 7) is 23.9. The molecular weight excluding hydrogens is 442 g/mol. The molecule has 1 aromatic rings. The minimum atomic E-state index is -1.92. The highest BCUT2D eigenvalue weighted by Gasteiger charge is 2.51. The summed E-state index contributed by atoms with van der Waals surface area (Å²) in [4.78, 5) is 0. The number of ether oxygens (including phenoxy) is 1. The van der Waals surface area contributed by atoms with Crippen LogP contribution < -0.4 is 5.73 Å². The van der Waals surface area contributed by atoms with Crippen molar-refractivity contribution in [2.24, 2.45) is 0 Å². The molecule has 184 valence electrons. The average Bonchev–Trinajstić information content (AvgIpc) is 2.95. The third kappa shape index (κ3) is 5.56. The van der Waals surface area contributed by atoms with Gasteiger partial charge in [0.05, 0.1) is 13.2 Å². The van der Waals surface area contributed by atoms with Gasteiger partial charge in [0.1, 0.15) is 11.2 Å². The van der Waals surface area contributed by atoms with Crippen molar-refractivity contribution >= 4 is 27.9 Å². The van der Waals surface area contributed by atoms with Gasteiger partial charge in [-0.2, -0.15) is 0 Å². The first-order valence-electron chi connectivity index (χ1n) is 12.2. The zero-order valence-corrected chi connectivity index (χ0v) is 24.5. The Bertz CT molecular complexity index is 922. The second-order valence-corrected chi connectivity index (χ2v) is 22.6. The molecule has 0 fully saturated rings. The van der Waals surface area contributed by atoms with Crippen LogP contribution in [0.4, 0.5) is 5.69 Å². The Balaban J connectivity index is 1.91. The summed E-state index contributed by atoms with van der Waals surface area (Å²) in [7, 11) is -3.84. The fourth-order valence-corrected chi connectivity index (χ4v) is 5.80. The molecule has 0 aliphatic carbocycles. The summed E-state index contributed by atoms with van der Waals surface area (Å²) in [6.07, 6.45) is 7.49. The summed E-state index contributed by atoms with van der Waals surface area (Å²) in [6, 6.07) is 8.16. The lowest BCUT2D eigenvalue weighted by molar-refractivity contribution is -0.105. The third-order valence-electron chi connectivity index (χ3n) is 8.20. The molecule has 0 saturated heterocycles. The lowest BCUT2D eigenvalue weighted by Gasteiger charge is -2.44. The Morgan fingerprint density at radius 2 is 1.36 bits per heavy atom. The van der Waals surface area contributed by atoms with Crippen LogP contribution in [0.1, 0.15) is 53.5 Å². The molecule has 4 nitrogen and oxygen atoms in total. The van der Waals surface area contributed by atoms with Crippen LogP contribution in [0.5, 0.6) is 0 Å². The standard InChI is InChI=1S/C27H45NO3Si2/c1-24(2,3)32(7,8)29-19-26-15-16-27(31-26,20-30-33(9,10)25(4,5)6)18-22(17-26)21-11-13-23(28)14-12-21/h11-17H,18-20,28H2,1-10H3/t26-,27+/m0/s1. The van der Waals surface area contributed by atoms with Gasteiger partial charge in [-0.25, -0.2) is 0 Å². The fourth-order valence-electron chi connectivity index (χ4n) is 3.74. The van der Waals surface area contributed by atoms with Crippen LogP contribution in [0.25, 0.3) is 5.57 Å². The topological polar surface area (TPSA) is 53.7 Å². The Hall–Kier alpha value is -1.19. The maximum absolute atomic E-state index is 6.85. The van der Waals surface area contributed by atoms with E-state index in [0.29, 0.717) is 13.2 Å². The summed E-state index contributed by atoms with van der Waals surface area (Å²) >= 11 is 0. The van der Waals surface area contributed by atoms with Crippen LogP contribution in [0.3, 0.4) is 0 Å². The molecule has 0 amide bonds. The highest BCUT2D eigenvalue weighted by atomic mass is 28.4. The molecule has 2 aliphatic rings. The monoisotopic (exact) mass is 487 g/mol. The predicted octanol–water partition coefficient (Wildman–Crippen LogP) is 7.16.